The third kappa shape index (κ3) is 5.80. The Morgan fingerprint density at radius 1 is 1.19 bits per heavy atom. The summed E-state index contributed by atoms with van der Waals surface area (Å²) < 4.78 is 4.94. The van der Waals surface area contributed by atoms with Crippen molar-refractivity contribution in [3.05, 3.63) is 29.6 Å². The molecule has 0 saturated heterocycles. The average Bonchev–Trinajstić information content (AvgIpc) is 2.28. The summed E-state index contributed by atoms with van der Waals surface area (Å²) in [5.74, 6) is 0. The lowest BCUT2D eigenvalue weighted by Crippen LogP contribution is -2.29. The molecule has 0 bridgehead atoms. The molecule has 0 radical (unpaired) electrons. The van der Waals surface area contributed by atoms with Gasteiger partial charge in [0.05, 0.1) is 6.61 Å². The van der Waals surface area contributed by atoms with Crippen molar-refractivity contribution in [2.45, 2.75) is 13.5 Å². The van der Waals surface area contributed by atoms with Crippen molar-refractivity contribution in [3.8, 4) is 0 Å². The van der Waals surface area contributed by atoms with Crippen molar-refractivity contribution in [1.29, 1.82) is 0 Å². The van der Waals surface area contributed by atoms with E-state index >= 15 is 0 Å². The fourth-order valence-electron chi connectivity index (χ4n) is 1.42. The lowest BCUT2D eigenvalue weighted by molar-refractivity contribution is 0.199. The maximum absolute atomic E-state index is 4.94. The normalized spacial score (nSPS) is 10.6. The van der Waals surface area contributed by atoms with E-state index in [9.17, 15) is 0 Å². The van der Waals surface area contributed by atoms with Gasteiger partial charge in [0.2, 0.25) is 0 Å². The van der Waals surface area contributed by atoms with E-state index < -0.39 is 0 Å². The number of methoxy groups -OCH3 is 1. The first-order valence-corrected chi connectivity index (χ1v) is 5.64. The molecule has 16 heavy (non-hydrogen) atoms. The Balaban J connectivity index is 2.03. The van der Waals surface area contributed by atoms with Crippen LogP contribution in [0.2, 0.25) is 0 Å². The third-order valence-corrected chi connectivity index (χ3v) is 2.22. The Morgan fingerprint density at radius 3 is 2.75 bits per heavy atom. The summed E-state index contributed by atoms with van der Waals surface area (Å²) in [4.78, 5) is 4.15. The number of ether oxygens (including phenoxy) is 1. The molecule has 0 aliphatic heterocycles. The standard InChI is InChI=1S/C12H21N3O/c1-11-7-12(10-15-8-11)9-14-4-3-13-5-6-16-2/h7-8,10,13-14H,3-6,9H2,1-2H3. The van der Waals surface area contributed by atoms with Crippen LogP contribution in [0.1, 0.15) is 11.1 Å². The number of hydrogen-bond acceptors (Lipinski definition) is 4. The molecule has 1 aromatic rings. The van der Waals surface area contributed by atoms with E-state index in [2.05, 4.69) is 28.6 Å². The minimum absolute atomic E-state index is 0.766. The highest BCUT2D eigenvalue weighted by Crippen LogP contribution is 1.99. The summed E-state index contributed by atoms with van der Waals surface area (Å²) in [6.45, 7) is 6.52. The Bertz CT molecular complexity index is 291. The molecule has 0 spiro atoms. The van der Waals surface area contributed by atoms with Crippen molar-refractivity contribution in [3.63, 3.8) is 0 Å². The largest absolute Gasteiger partial charge is 0.383 e. The van der Waals surface area contributed by atoms with Crippen LogP contribution in [0, 0.1) is 6.92 Å². The van der Waals surface area contributed by atoms with Gasteiger partial charge in [0.25, 0.3) is 0 Å². The quantitative estimate of drug-likeness (QED) is 0.637. The van der Waals surface area contributed by atoms with Crippen LogP contribution in [-0.2, 0) is 11.3 Å². The number of nitrogens with zero attached hydrogens (tertiary/aromatic N) is 1. The number of aromatic nitrogens is 1. The van der Waals surface area contributed by atoms with Crippen molar-refractivity contribution in [2.75, 3.05) is 33.4 Å². The lowest BCUT2D eigenvalue weighted by Gasteiger charge is -2.06. The Morgan fingerprint density at radius 2 is 2.00 bits per heavy atom. The van der Waals surface area contributed by atoms with E-state index in [0.29, 0.717) is 0 Å². The van der Waals surface area contributed by atoms with Gasteiger partial charge in [-0.1, -0.05) is 6.07 Å². The molecule has 1 rings (SSSR count). The van der Waals surface area contributed by atoms with Gasteiger partial charge in [-0.2, -0.15) is 0 Å². The molecule has 2 N–H and O–H groups in total. The first-order valence-electron chi connectivity index (χ1n) is 5.64. The zero-order chi connectivity index (χ0) is 11.6. The third-order valence-electron chi connectivity index (χ3n) is 2.22. The maximum Gasteiger partial charge on any atom is 0.0587 e. The first-order chi connectivity index (χ1) is 7.83. The molecule has 1 heterocycles. The second-order valence-electron chi connectivity index (χ2n) is 3.79. The highest BCUT2D eigenvalue weighted by atomic mass is 16.5. The van der Waals surface area contributed by atoms with Crippen LogP contribution < -0.4 is 10.6 Å². The minimum Gasteiger partial charge on any atom is -0.383 e. The van der Waals surface area contributed by atoms with E-state index in [0.717, 1.165) is 32.8 Å². The highest BCUT2D eigenvalue weighted by Gasteiger charge is 1.93. The van der Waals surface area contributed by atoms with Crippen molar-refractivity contribution in [2.24, 2.45) is 0 Å². The van der Waals surface area contributed by atoms with Crippen LogP contribution >= 0.6 is 0 Å². The number of pyridine rings is 1. The van der Waals surface area contributed by atoms with Crippen molar-refractivity contribution >= 4 is 0 Å². The number of rotatable bonds is 8. The molecule has 0 atom stereocenters. The van der Waals surface area contributed by atoms with E-state index in [-0.39, 0.29) is 0 Å². The van der Waals surface area contributed by atoms with E-state index in [1.807, 2.05) is 12.4 Å². The van der Waals surface area contributed by atoms with Crippen LogP contribution in [0.3, 0.4) is 0 Å². The topological polar surface area (TPSA) is 46.2 Å². The van der Waals surface area contributed by atoms with Gasteiger partial charge in [0.1, 0.15) is 0 Å². The highest BCUT2D eigenvalue weighted by molar-refractivity contribution is 5.16. The summed E-state index contributed by atoms with van der Waals surface area (Å²) in [5, 5.41) is 6.64. The summed E-state index contributed by atoms with van der Waals surface area (Å²) in [6, 6.07) is 2.15. The Labute approximate surface area is 97.4 Å². The van der Waals surface area contributed by atoms with Gasteiger partial charge in [-0.25, -0.2) is 0 Å². The second kappa shape index (κ2) is 8.21. The first kappa shape index (κ1) is 13.1. The van der Waals surface area contributed by atoms with Gasteiger partial charge in [0.15, 0.2) is 0 Å². The SMILES string of the molecule is COCCNCCNCc1cncc(C)c1. The van der Waals surface area contributed by atoms with Gasteiger partial charge in [-0.05, 0) is 18.1 Å². The number of nitrogens with one attached hydrogen (secondary N) is 2. The van der Waals surface area contributed by atoms with Crippen LogP contribution in [0.15, 0.2) is 18.5 Å². The molecule has 0 aliphatic carbocycles. The molecule has 0 aromatic carbocycles. The molecule has 1 aromatic heterocycles. The van der Waals surface area contributed by atoms with Crippen LogP contribution in [-0.4, -0.2) is 38.3 Å². The molecule has 0 saturated carbocycles. The van der Waals surface area contributed by atoms with Crippen LogP contribution in [0.25, 0.3) is 0 Å². The average molecular weight is 223 g/mol. The monoisotopic (exact) mass is 223 g/mol. The molecule has 0 unspecified atom stereocenters. The zero-order valence-electron chi connectivity index (χ0n) is 10.1. The van der Waals surface area contributed by atoms with Crippen molar-refractivity contribution in [1.82, 2.24) is 15.6 Å². The molecular weight excluding hydrogens is 202 g/mol. The van der Waals surface area contributed by atoms with Gasteiger partial charge < -0.3 is 15.4 Å². The smallest absolute Gasteiger partial charge is 0.0587 e. The molecule has 4 nitrogen and oxygen atoms in total. The summed E-state index contributed by atoms with van der Waals surface area (Å²) in [5.41, 5.74) is 2.44. The van der Waals surface area contributed by atoms with E-state index in [1.54, 1.807) is 7.11 Å². The molecule has 4 heteroatoms. The number of aryl methyl sites for hydroxylation is 1. The summed E-state index contributed by atoms with van der Waals surface area (Å²) >= 11 is 0. The number of hydrogen-bond donors (Lipinski definition) is 2. The molecule has 0 amide bonds. The molecular formula is C12H21N3O. The van der Waals surface area contributed by atoms with E-state index in [1.165, 1.54) is 11.1 Å². The Kier molecular flexibility index (Phi) is 6.72. The Hall–Kier alpha value is -0.970. The molecule has 90 valence electrons. The van der Waals surface area contributed by atoms with Gasteiger partial charge >= 0.3 is 0 Å². The lowest BCUT2D eigenvalue weighted by atomic mass is 10.2. The minimum atomic E-state index is 0.766. The predicted molar refractivity (Wildman–Crippen MR) is 65.4 cm³/mol. The molecule has 0 aliphatic rings. The van der Waals surface area contributed by atoms with Crippen LogP contribution in [0.5, 0.6) is 0 Å². The summed E-state index contributed by atoms with van der Waals surface area (Å²) in [6.07, 6.45) is 3.77. The predicted octanol–water partition coefficient (Wildman–Crippen LogP) is 0.716. The fourth-order valence-corrected chi connectivity index (χ4v) is 1.42. The maximum atomic E-state index is 4.94. The van der Waals surface area contributed by atoms with E-state index in [4.69, 9.17) is 4.74 Å². The second-order valence-corrected chi connectivity index (χ2v) is 3.79. The fraction of sp³-hybridized carbons (Fsp3) is 0.583. The zero-order valence-corrected chi connectivity index (χ0v) is 10.1. The molecule has 0 fully saturated rings. The van der Waals surface area contributed by atoms with Gasteiger partial charge in [-0.15, -0.1) is 0 Å². The van der Waals surface area contributed by atoms with Gasteiger partial charge in [-0.3, -0.25) is 4.98 Å². The summed E-state index contributed by atoms with van der Waals surface area (Å²) in [7, 11) is 1.71. The van der Waals surface area contributed by atoms with Crippen LogP contribution in [0.4, 0.5) is 0 Å². The van der Waals surface area contributed by atoms with Gasteiger partial charge in [0, 0.05) is 45.7 Å². The van der Waals surface area contributed by atoms with Crippen molar-refractivity contribution < 1.29 is 4.74 Å².